The van der Waals surface area contributed by atoms with E-state index in [2.05, 4.69) is 10.3 Å². The van der Waals surface area contributed by atoms with Crippen LogP contribution in [0, 0.1) is 0 Å². The first-order valence-corrected chi connectivity index (χ1v) is 5.42. The lowest BCUT2D eigenvalue weighted by atomic mass is 10.1. The molecule has 1 aromatic carbocycles. The van der Waals surface area contributed by atoms with E-state index >= 15 is 0 Å². The molecule has 18 heavy (non-hydrogen) atoms. The number of benzene rings is 1. The number of nitrogens with zero attached hydrogens (tertiary/aromatic N) is 1. The number of phenolic OH excluding ortho intramolecular Hbond substituents is 1. The van der Waals surface area contributed by atoms with Crippen molar-refractivity contribution in [2.75, 3.05) is 12.4 Å². The highest BCUT2D eigenvalue weighted by molar-refractivity contribution is 6.04. The van der Waals surface area contributed by atoms with E-state index in [1.54, 1.807) is 25.4 Å². The highest BCUT2D eigenvalue weighted by Gasteiger charge is 2.09. The summed E-state index contributed by atoms with van der Waals surface area (Å²) < 4.78 is 5.23. The molecule has 0 saturated heterocycles. The number of aromatic hydroxyl groups is 1. The Bertz CT molecular complexity index is 808. The minimum absolute atomic E-state index is 0.0361. The van der Waals surface area contributed by atoms with Gasteiger partial charge in [-0.15, -0.1) is 0 Å². The first-order chi connectivity index (χ1) is 8.69. The Balaban J connectivity index is 2.50. The monoisotopic (exact) mass is 242 g/mol. The smallest absolute Gasteiger partial charge is 0.344 e. The summed E-state index contributed by atoms with van der Waals surface area (Å²) in [6, 6.07) is 6.29. The average molecular weight is 242 g/mol. The summed E-state index contributed by atoms with van der Waals surface area (Å²) in [7, 11) is 1.74. The maximum Gasteiger partial charge on any atom is 0.344 e. The molecular formula is C13H10N2O3. The summed E-state index contributed by atoms with van der Waals surface area (Å²) in [4.78, 5) is 16.0. The molecule has 0 aliphatic carbocycles. The molecule has 2 heterocycles. The summed E-state index contributed by atoms with van der Waals surface area (Å²) >= 11 is 0. The summed E-state index contributed by atoms with van der Waals surface area (Å²) in [6.07, 6.45) is 1.64. The van der Waals surface area contributed by atoms with Gasteiger partial charge in [0.1, 0.15) is 17.2 Å². The second-order valence-electron chi connectivity index (χ2n) is 3.94. The second-order valence-corrected chi connectivity index (χ2v) is 3.94. The average Bonchev–Trinajstić information content (AvgIpc) is 2.38. The minimum atomic E-state index is -0.471. The summed E-state index contributed by atoms with van der Waals surface area (Å²) in [5, 5.41) is 14.1. The number of hydrogen-bond donors (Lipinski definition) is 2. The fraction of sp³-hybridized carbons (Fsp3) is 0.0769. The largest absolute Gasteiger partial charge is 0.508 e. The Kier molecular flexibility index (Phi) is 2.19. The third kappa shape index (κ3) is 1.48. The molecule has 5 nitrogen and oxygen atoms in total. The lowest BCUT2D eigenvalue weighted by Crippen LogP contribution is -2.00. The Morgan fingerprint density at radius 1 is 1.22 bits per heavy atom. The van der Waals surface area contributed by atoms with Crippen molar-refractivity contribution < 1.29 is 9.52 Å². The van der Waals surface area contributed by atoms with Gasteiger partial charge in [0.2, 0.25) is 0 Å². The third-order valence-electron chi connectivity index (χ3n) is 2.84. The Morgan fingerprint density at radius 2 is 2.06 bits per heavy atom. The Hall–Kier alpha value is -2.56. The van der Waals surface area contributed by atoms with Crippen LogP contribution >= 0.6 is 0 Å². The summed E-state index contributed by atoms with van der Waals surface area (Å²) in [6.45, 7) is 0. The normalized spacial score (nSPS) is 10.9. The molecule has 3 aromatic rings. The predicted molar refractivity (Wildman–Crippen MR) is 69.0 cm³/mol. The molecular weight excluding hydrogens is 232 g/mol. The van der Waals surface area contributed by atoms with E-state index in [1.165, 1.54) is 12.1 Å². The number of nitrogens with one attached hydrogen (secondary N) is 1. The third-order valence-corrected chi connectivity index (χ3v) is 2.84. The van der Waals surface area contributed by atoms with Crippen LogP contribution in [0.4, 0.5) is 5.82 Å². The molecule has 0 bridgehead atoms. The molecule has 0 fully saturated rings. The molecule has 0 saturated carbocycles. The molecule has 0 atom stereocenters. The number of phenols is 1. The van der Waals surface area contributed by atoms with Crippen molar-refractivity contribution in [2.45, 2.75) is 0 Å². The van der Waals surface area contributed by atoms with Crippen molar-refractivity contribution in [2.24, 2.45) is 0 Å². The molecule has 2 aromatic heterocycles. The molecule has 3 rings (SSSR count). The molecule has 2 N–H and O–H groups in total. The highest BCUT2D eigenvalue weighted by Crippen LogP contribution is 2.25. The van der Waals surface area contributed by atoms with Crippen molar-refractivity contribution in [1.82, 2.24) is 4.98 Å². The van der Waals surface area contributed by atoms with Crippen LogP contribution in [-0.2, 0) is 0 Å². The number of rotatable bonds is 1. The minimum Gasteiger partial charge on any atom is -0.508 e. The van der Waals surface area contributed by atoms with Gasteiger partial charge >= 0.3 is 5.63 Å². The molecule has 5 heteroatoms. The van der Waals surface area contributed by atoms with Gasteiger partial charge in [0.05, 0.1) is 5.39 Å². The zero-order valence-electron chi connectivity index (χ0n) is 9.60. The molecule has 0 aliphatic heterocycles. The molecule has 0 amide bonds. The van der Waals surface area contributed by atoms with Crippen LogP contribution in [0.2, 0.25) is 0 Å². The van der Waals surface area contributed by atoms with E-state index in [4.69, 9.17) is 4.42 Å². The van der Waals surface area contributed by atoms with Crippen LogP contribution in [0.3, 0.4) is 0 Å². The molecule has 0 aliphatic rings. The summed E-state index contributed by atoms with van der Waals surface area (Å²) in [5.41, 5.74) is -0.000747. The SMILES string of the molecule is CNc1cc2oc(=O)c3cc(O)ccc3c2cn1. The quantitative estimate of drug-likeness (QED) is 0.639. The van der Waals surface area contributed by atoms with E-state index in [-0.39, 0.29) is 5.75 Å². The number of pyridine rings is 1. The van der Waals surface area contributed by atoms with Gasteiger partial charge in [0, 0.05) is 30.1 Å². The number of anilines is 1. The fourth-order valence-corrected chi connectivity index (χ4v) is 1.95. The molecule has 0 unspecified atom stereocenters. The van der Waals surface area contributed by atoms with Crippen LogP contribution in [0.15, 0.2) is 39.7 Å². The van der Waals surface area contributed by atoms with Gasteiger partial charge in [0.25, 0.3) is 0 Å². The van der Waals surface area contributed by atoms with Crippen molar-refractivity contribution in [1.29, 1.82) is 0 Å². The number of aromatic nitrogens is 1. The lowest BCUT2D eigenvalue weighted by molar-refractivity contribution is 0.475. The van der Waals surface area contributed by atoms with Crippen molar-refractivity contribution >= 4 is 27.6 Å². The second kappa shape index (κ2) is 3.73. The van der Waals surface area contributed by atoms with E-state index < -0.39 is 5.63 Å². The zero-order valence-corrected chi connectivity index (χ0v) is 9.60. The summed E-state index contributed by atoms with van der Waals surface area (Å²) in [5.74, 6) is 0.665. The molecule has 90 valence electrons. The Labute approximate surface area is 102 Å². The topological polar surface area (TPSA) is 75.4 Å². The first kappa shape index (κ1) is 10.6. The maximum atomic E-state index is 11.8. The first-order valence-electron chi connectivity index (χ1n) is 5.42. The van der Waals surface area contributed by atoms with Crippen molar-refractivity contribution in [3.05, 3.63) is 40.9 Å². The van der Waals surface area contributed by atoms with Gasteiger partial charge in [-0.05, 0) is 18.2 Å². The van der Waals surface area contributed by atoms with Crippen LogP contribution in [0.1, 0.15) is 0 Å². The standard InChI is InChI=1S/C13H10N2O3/c1-14-12-5-11-10(6-15-12)8-3-2-7(16)4-9(8)13(17)18-11/h2-6,16H,1H3,(H,14,15). The van der Waals surface area contributed by atoms with Crippen molar-refractivity contribution in [3.8, 4) is 5.75 Å². The van der Waals surface area contributed by atoms with E-state index in [0.717, 1.165) is 5.39 Å². The van der Waals surface area contributed by atoms with E-state index in [0.29, 0.717) is 22.2 Å². The zero-order chi connectivity index (χ0) is 12.7. The Morgan fingerprint density at radius 3 is 2.83 bits per heavy atom. The molecule has 0 radical (unpaired) electrons. The van der Waals surface area contributed by atoms with Gasteiger partial charge in [-0.3, -0.25) is 0 Å². The van der Waals surface area contributed by atoms with Gasteiger partial charge in [-0.2, -0.15) is 0 Å². The van der Waals surface area contributed by atoms with Gasteiger partial charge < -0.3 is 14.8 Å². The number of fused-ring (bicyclic) bond motifs is 3. The maximum absolute atomic E-state index is 11.8. The lowest BCUT2D eigenvalue weighted by Gasteiger charge is -2.04. The van der Waals surface area contributed by atoms with Crippen molar-refractivity contribution in [3.63, 3.8) is 0 Å². The molecule has 0 spiro atoms. The van der Waals surface area contributed by atoms with Gasteiger partial charge in [-0.1, -0.05) is 0 Å². The highest BCUT2D eigenvalue weighted by atomic mass is 16.4. The van der Waals surface area contributed by atoms with Crippen LogP contribution in [0.5, 0.6) is 5.75 Å². The van der Waals surface area contributed by atoms with Crippen LogP contribution in [-0.4, -0.2) is 17.1 Å². The predicted octanol–water partition coefficient (Wildman–Crippen LogP) is 2.09. The van der Waals surface area contributed by atoms with E-state index in [1.807, 2.05) is 0 Å². The van der Waals surface area contributed by atoms with Gasteiger partial charge in [0.15, 0.2) is 0 Å². The van der Waals surface area contributed by atoms with Crippen LogP contribution in [0.25, 0.3) is 21.7 Å². The van der Waals surface area contributed by atoms with Crippen LogP contribution < -0.4 is 10.9 Å². The van der Waals surface area contributed by atoms with Gasteiger partial charge in [-0.25, -0.2) is 9.78 Å². The fourth-order valence-electron chi connectivity index (χ4n) is 1.95. The number of hydrogen-bond acceptors (Lipinski definition) is 5. The van der Waals surface area contributed by atoms with E-state index in [9.17, 15) is 9.90 Å².